The summed E-state index contributed by atoms with van der Waals surface area (Å²) in [5, 5.41) is 120. The van der Waals surface area contributed by atoms with Gasteiger partial charge >= 0.3 is 0 Å². The zero-order chi connectivity index (χ0) is 58.3. The van der Waals surface area contributed by atoms with Gasteiger partial charge in [0.05, 0.1) is 38.6 Å². The van der Waals surface area contributed by atoms with Crippen molar-refractivity contribution in [2.45, 2.75) is 240 Å². The minimum atomic E-state index is -1.98. The van der Waals surface area contributed by atoms with Crippen LogP contribution in [0, 0.1) is 0 Å². The molecule has 12 N–H and O–H groups in total. The molecule has 17 unspecified atom stereocenters. The highest BCUT2D eigenvalue weighted by Gasteiger charge is 2.53. The lowest BCUT2D eigenvalue weighted by atomic mass is 9.96. The summed E-state index contributed by atoms with van der Waals surface area (Å²) in [6, 6.07) is -0.922. The van der Waals surface area contributed by atoms with Crippen molar-refractivity contribution in [1.82, 2.24) is 5.32 Å². The number of ether oxygens (including phenoxy) is 6. The van der Waals surface area contributed by atoms with E-state index in [9.17, 15) is 61.0 Å². The summed E-state index contributed by atoms with van der Waals surface area (Å²) in [6.07, 6.45) is 28.2. The van der Waals surface area contributed by atoms with Crippen molar-refractivity contribution in [1.29, 1.82) is 0 Å². The number of carbonyl (C=O) groups is 1. The lowest BCUT2D eigenvalue weighted by Crippen LogP contribution is -2.66. The number of aliphatic hydroxyl groups excluding tert-OH is 11. The molecule has 3 aliphatic heterocycles. The van der Waals surface area contributed by atoms with Crippen LogP contribution >= 0.6 is 0 Å². The van der Waals surface area contributed by atoms with Crippen LogP contribution in [0.5, 0.6) is 0 Å². The van der Waals surface area contributed by atoms with E-state index in [1.165, 1.54) is 0 Å². The van der Waals surface area contributed by atoms with E-state index in [1.54, 1.807) is 0 Å². The maximum absolute atomic E-state index is 13.2. The van der Waals surface area contributed by atoms with Crippen LogP contribution in [0.4, 0.5) is 0 Å². The van der Waals surface area contributed by atoms with Crippen LogP contribution in [0.2, 0.25) is 0 Å². The summed E-state index contributed by atoms with van der Waals surface area (Å²) < 4.78 is 34.1. The van der Waals surface area contributed by atoms with Gasteiger partial charge in [0, 0.05) is 6.42 Å². The number of hydrogen-bond donors (Lipinski definition) is 12. The molecular formula is C61H99NO18. The maximum atomic E-state index is 13.2. The number of rotatable bonds is 40. The van der Waals surface area contributed by atoms with E-state index in [2.05, 4.69) is 122 Å². The first-order chi connectivity index (χ1) is 38.8. The Kier molecular flexibility index (Phi) is 38.1. The summed E-state index contributed by atoms with van der Waals surface area (Å²) in [6.45, 7) is 1.50. The van der Waals surface area contributed by atoms with Gasteiger partial charge in [0.25, 0.3) is 0 Å². The Morgan fingerprint density at radius 1 is 0.463 bits per heavy atom. The first-order valence-corrected chi connectivity index (χ1v) is 29.1. The predicted octanol–water partition coefficient (Wildman–Crippen LogP) is 4.75. The van der Waals surface area contributed by atoms with Crippen molar-refractivity contribution in [3.63, 3.8) is 0 Å². The number of nitrogens with one attached hydrogen (secondary N) is 1. The molecule has 0 aliphatic carbocycles. The number of aliphatic hydroxyl groups is 11. The largest absolute Gasteiger partial charge is 0.394 e. The topological polar surface area (TPSA) is 307 Å². The normalized spacial score (nSPS) is 30.8. The molecule has 0 aromatic heterocycles. The minimum Gasteiger partial charge on any atom is -0.394 e. The first-order valence-electron chi connectivity index (χ1n) is 29.1. The van der Waals surface area contributed by atoms with Crippen molar-refractivity contribution in [2.24, 2.45) is 0 Å². The summed E-state index contributed by atoms with van der Waals surface area (Å²) in [7, 11) is 0. The van der Waals surface area contributed by atoms with Crippen molar-refractivity contribution in [3.8, 4) is 0 Å². The zero-order valence-corrected chi connectivity index (χ0v) is 47.2. The number of allylic oxidation sites excluding steroid dienone is 18. The molecule has 0 aromatic carbocycles. The van der Waals surface area contributed by atoms with Crippen LogP contribution in [-0.4, -0.2) is 193 Å². The minimum absolute atomic E-state index is 0.177. The average Bonchev–Trinajstić information content (AvgIpc) is 3.45. The van der Waals surface area contributed by atoms with Crippen LogP contribution in [0.3, 0.4) is 0 Å². The lowest BCUT2D eigenvalue weighted by molar-refractivity contribution is -0.379. The smallest absolute Gasteiger partial charge is 0.220 e. The summed E-state index contributed by atoms with van der Waals surface area (Å²) in [5.41, 5.74) is 0. The summed E-state index contributed by atoms with van der Waals surface area (Å²) >= 11 is 0. The van der Waals surface area contributed by atoms with Crippen LogP contribution in [0.1, 0.15) is 136 Å². The van der Waals surface area contributed by atoms with Crippen LogP contribution in [-0.2, 0) is 33.2 Å². The highest BCUT2D eigenvalue weighted by atomic mass is 16.8. The summed E-state index contributed by atoms with van der Waals surface area (Å²) in [5.74, 6) is -0.313. The molecule has 0 radical (unpaired) electrons. The second kappa shape index (κ2) is 43.1. The predicted molar refractivity (Wildman–Crippen MR) is 304 cm³/mol. The molecule has 3 heterocycles. The van der Waals surface area contributed by atoms with E-state index in [4.69, 9.17) is 28.4 Å². The van der Waals surface area contributed by atoms with Gasteiger partial charge in [-0.25, -0.2) is 0 Å². The molecule has 3 saturated heterocycles. The fraction of sp³-hybridized carbons (Fsp3) is 0.689. The molecule has 3 fully saturated rings. The van der Waals surface area contributed by atoms with Crippen molar-refractivity contribution in [2.75, 3.05) is 26.4 Å². The van der Waals surface area contributed by atoms with Gasteiger partial charge in [0.2, 0.25) is 5.91 Å². The molecule has 17 atom stereocenters. The SMILES string of the molecule is CC/C=C\C/C=C\C/C=C\C/C=C\C/C=C\C/C=C\C/C=C\C/C=C\C/C=C\CCCC(=O)NC(COC1OC(CO)C(OC2OC(CO)C(OC3OC(CO)C(O)C(O)C3O)C(O)C2O)C(O)C1O)C(O)CCCCCCCC. The third-order valence-electron chi connectivity index (χ3n) is 13.9. The van der Waals surface area contributed by atoms with Gasteiger partial charge < -0.3 is 89.9 Å². The molecule has 80 heavy (non-hydrogen) atoms. The molecule has 0 saturated carbocycles. The van der Waals surface area contributed by atoms with Gasteiger partial charge in [-0.3, -0.25) is 4.79 Å². The van der Waals surface area contributed by atoms with Crippen molar-refractivity contribution < 1.29 is 89.4 Å². The Morgan fingerprint density at radius 2 is 0.850 bits per heavy atom. The Morgan fingerprint density at radius 3 is 1.30 bits per heavy atom. The molecule has 456 valence electrons. The van der Waals surface area contributed by atoms with Crippen molar-refractivity contribution >= 4 is 5.91 Å². The third-order valence-corrected chi connectivity index (χ3v) is 13.9. The molecule has 0 bridgehead atoms. The number of unbranched alkanes of at least 4 members (excludes halogenated alkanes) is 6. The molecule has 0 aromatic rings. The van der Waals surface area contributed by atoms with E-state index >= 15 is 0 Å². The van der Waals surface area contributed by atoms with E-state index in [0.29, 0.717) is 25.7 Å². The van der Waals surface area contributed by atoms with Crippen LogP contribution < -0.4 is 5.32 Å². The molecule has 19 nitrogen and oxygen atoms in total. The molecular weight excluding hydrogens is 1030 g/mol. The Labute approximate surface area is 475 Å². The fourth-order valence-electron chi connectivity index (χ4n) is 9.08. The van der Waals surface area contributed by atoms with E-state index in [1.807, 2.05) is 6.08 Å². The molecule has 3 rings (SSSR count). The monoisotopic (exact) mass is 1130 g/mol. The van der Waals surface area contributed by atoms with Crippen molar-refractivity contribution in [3.05, 3.63) is 109 Å². The standard InChI is InChI=1S/C61H99NO18/c1-3-5-7-9-11-12-13-14-15-16-17-18-19-20-21-22-23-24-25-26-27-28-29-30-31-32-33-35-37-39-49(67)62-44(45(66)38-36-34-10-8-6-4-2)43-75-59-55(73)52(70)57(47(41-64)77-59)80-61-56(74)53(71)58(48(42-65)78-61)79-60-54(72)51(69)50(68)46(40-63)76-60/h5,7,11-12,14-15,17-18,20-21,23-24,26-27,29-30,32-33,44-48,50-61,63-66,68-74H,3-4,6,8-10,13,16,19,22,25,28,31,34-43H2,1-2H3,(H,62,67)/b7-5-,12-11-,15-14-,18-17-,21-20-,24-23-,27-26-,30-29-,33-32-. The molecule has 1 amide bonds. The molecule has 3 aliphatic rings. The van der Waals surface area contributed by atoms with Gasteiger partial charge in [0.15, 0.2) is 18.9 Å². The Bertz CT molecular complexity index is 1880. The van der Waals surface area contributed by atoms with E-state index in [-0.39, 0.29) is 18.9 Å². The highest BCUT2D eigenvalue weighted by molar-refractivity contribution is 5.76. The van der Waals surface area contributed by atoms with E-state index < -0.39 is 124 Å². The van der Waals surface area contributed by atoms with Gasteiger partial charge in [-0.05, 0) is 77.0 Å². The van der Waals surface area contributed by atoms with E-state index in [0.717, 1.165) is 89.9 Å². The molecule has 19 heteroatoms. The second-order valence-electron chi connectivity index (χ2n) is 20.4. The van der Waals surface area contributed by atoms with Gasteiger partial charge in [-0.2, -0.15) is 0 Å². The summed E-state index contributed by atoms with van der Waals surface area (Å²) in [4.78, 5) is 13.2. The van der Waals surface area contributed by atoms with Gasteiger partial charge in [-0.15, -0.1) is 0 Å². The zero-order valence-electron chi connectivity index (χ0n) is 47.2. The second-order valence-corrected chi connectivity index (χ2v) is 20.4. The lowest BCUT2D eigenvalue weighted by Gasteiger charge is -2.48. The van der Waals surface area contributed by atoms with Gasteiger partial charge in [-0.1, -0.05) is 162 Å². The first kappa shape index (κ1) is 70.7. The quantitative estimate of drug-likeness (QED) is 0.0291. The van der Waals surface area contributed by atoms with Crippen LogP contribution in [0.15, 0.2) is 109 Å². The number of carbonyl (C=O) groups excluding carboxylic acids is 1. The molecule has 0 spiro atoms. The Hall–Kier alpha value is -3.55. The third kappa shape index (κ3) is 26.8. The maximum Gasteiger partial charge on any atom is 0.220 e. The Balaban J connectivity index is 1.41. The highest BCUT2D eigenvalue weighted by Crippen LogP contribution is 2.33. The van der Waals surface area contributed by atoms with Crippen LogP contribution in [0.25, 0.3) is 0 Å². The van der Waals surface area contributed by atoms with Gasteiger partial charge in [0.1, 0.15) is 73.2 Å². The fourth-order valence-corrected chi connectivity index (χ4v) is 9.08. The number of hydrogen-bond acceptors (Lipinski definition) is 18. The average molecular weight is 1130 g/mol. The number of amides is 1.